The zero-order chi connectivity index (χ0) is 19.9. The van der Waals surface area contributed by atoms with Crippen molar-refractivity contribution < 1.29 is 18.7 Å². The Labute approximate surface area is 168 Å². The van der Waals surface area contributed by atoms with Gasteiger partial charge in [0.1, 0.15) is 5.76 Å². The normalized spacial score (nSPS) is 10.5. The number of carbonyl (C=O) groups excluding carboxylic acids is 2. The minimum absolute atomic E-state index is 0.115. The predicted molar refractivity (Wildman–Crippen MR) is 109 cm³/mol. The lowest BCUT2D eigenvalue weighted by molar-refractivity contribution is 0.0501. The molecule has 0 unspecified atom stereocenters. The standard InChI is InChI=1S/C22H20ClNO4/c1-2-3-14-27-22(26)16-9-5-7-11-18(16)24-21(25)20-13-12-19(28-20)15-8-4-6-10-17(15)23/h4-13H,2-3,14H2,1H3,(H,24,25). The average molecular weight is 398 g/mol. The van der Waals surface area contributed by atoms with Crippen molar-refractivity contribution in [3.05, 3.63) is 77.0 Å². The van der Waals surface area contributed by atoms with Crippen LogP contribution in [-0.2, 0) is 4.74 Å². The van der Waals surface area contributed by atoms with Gasteiger partial charge in [0.15, 0.2) is 5.76 Å². The lowest BCUT2D eigenvalue weighted by Gasteiger charge is -2.10. The van der Waals surface area contributed by atoms with Crippen molar-refractivity contribution in [2.75, 3.05) is 11.9 Å². The highest BCUT2D eigenvalue weighted by molar-refractivity contribution is 6.33. The number of hydrogen-bond donors (Lipinski definition) is 1. The maximum Gasteiger partial charge on any atom is 0.340 e. The molecule has 0 saturated carbocycles. The second-order valence-electron chi connectivity index (χ2n) is 6.13. The molecule has 144 valence electrons. The molecule has 28 heavy (non-hydrogen) atoms. The Morgan fingerprint density at radius 3 is 2.57 bits per heavy atom. The lowest BCUT2D eigenvalue weighted by atomic mass is 10.1. The number of halogens is 1. The summed E-state index contributed by atoms with van der Waals surface area (Å²) < 4.78 is 10.9. The van der Waals surface area contributed by atoms with Crippen molar-refractivity contribution in [1.82, 2.24) is 0 Å². The smallest absolute Gasteiger partial charge is 0.340 e. The van der Waals surface area contributed by atoms with E-state index in [2.05, 4.69) is 5.32 Å². The number of unbranched alkanes of at least 4 members (excludes halogenated alkanes) is 1. The number of furan rings is 1. The summed E-state index contributed by atoms with van der Waals surface area (Å²) in [7, 11) is 0. The van der Waals surface area contributed by atoms with Crippen LogP contribution in [0.3, 0.4) is 0 Å². The number of hydrogen-bond acceptors (Lipinski definition) is 4. The van der Waals surface area contributed by atoms with Crippen LogP contribution < -0.4 is 5.32 Å². The number of para-hydroxylation sites is 1. The molecule has 0 bridgehead atoms. The molecule has 0 aliphatic carbocycles. The molecule has 6 heteroatoms. The first-order valence-electron chi connectivity index (χ1n) is 9.02. The van der Waals surface area contributed by atoms with Gasteiger partial charge < -0.3 is 14.5 Å². The van der Waals surface area contributed by atoms with E-state index in [4.69, 9.17) is 20.8 Å². The van der Waals surface area contributed by atoms with E-state index in [0.717, 1.165) is 12.8 Å². The van der Waals surface area contributed by atoms with E-state index < -0.39 is 11.9 Å². The van der Waals surface area contributed by atoms with Gasteiger partial charge in [-0.3, -0.25) is 4.79 Å². The molecule has 0 aliphatic heterocycles. The Bertz CT molecular complexity index is 980. The minimum Gasteiger partial charge on any atom is -0.462 e. The summed E-state index contributed by atoms with van der Waals surface area (Å²) in [4.78, 5) is 24.9. The van der Waals surface area contributed by atoms with E-state index in [1.165, 1.54) is 0 Å². The largest absolute Gasteiger partial charge is 0.462 e. The molecule has 1 heterocycles. The molecule has 2 aromatic carbocycles. The molecule has 0 radical (unpaired) electrons. The van der Waals surface area contributed by atoms with Gasteiger partial charge in [0.2, 0.25) is 0 Å². The Balaban J connectivity index is 1.76. The number of ether oxygens (including phenoxy) is 1. The van der Waals surface area contributed by atoms with Crippen LogP contribution in [0.15, 0.2) is 65.1 Å². The van der Waals surface area contributed by atoms with E-state index in [1.807, 2.05) is 25.1 Å². The molecule has 0 spiro atoms. The molecule has 0 saturated heterocycles. The quantitative estimate of drug-likeness (QED) is 0.403. The molecule has 0 fully saturated rings. The van der Waals surface area contributed by atoms with E-state index in [9.17, 15) is 9.59 Å². The molecule has 0 atom stereocenters. The predicted octanol–water partition coefficient (Wildman–Crippen LogP) is 5.81. The van der Waals surface area contributed by atoms with Gasteiger partial charge in [-0.15, -0.1) is 0 Å². The first kappa shape index (κ1) is 19.7. The molecule has 3 rings (SSSR count). The monoisotopic (exact) mass is 397 g/mol. The summed E-state index contributed by atoms with van der Waals surface area (Å²) in [6.45, 7) is 2.36. The summed E-state index contributed by atoms with van der Waals surface area (Å²) in [6, 6.07) is 17.2. The number of rotatable bonds is 7. The van der Waals surface area contributed by atoms with Gasteiger partial charge in [-0.25, -0.2) is 4.79 Å². The molecular formula is C22H20ClNO4. The van der Waals surface area contributed by atoms with Crippen molar-refractivity contribution in [3.8, 4) is 11.3 Å². The third kappa shape index (κ3) is 4.61. The molecule has 1 aromatic heterocycles. The van der Waals surface area contributed by atoms with Crippen molar-refractivity contribution in [3.63, 3.8) is 0 Å². The highest BCUT2D eigenvalue weighted by atomic mass is 35.5. The third-order valence-electron chi connectivity index (χ3n) is 4.10. The van der Waals surface area contributed by atoms with Crippen LogP contribution in [-0.4, -0.2) is 18.5 Å². The van der Waals surface area contributed by atoms with Crippen LogP contribution in [0.5, 0.6) is 0 Å². The fourth-order valence-electron chi connectivity index (χ4n) is 2.61. The summed E-state index contributed by atoms with van der Waals surface area (Å²) in [5, 5.41) is 3.24. The van der Waals surface area contributed by atoms with Gasteiger partial charge in [-0.05, 0) is 42.8 Å². The molecule has 5 nitrogen and oxygen atoms in total. The second-order valence-corrected chi connectivity index (χ2v) is 6.54. The van der Waals surface area contributed by atoms with E-state index in [-0.39, 0.29) is 5.76 Å². The van der Waals surface area contributed by atoms with Gasteiger partial charge in [0, 0.05) is 5.56 Å². The van der Waals surface area contributed by atoms with Crippen molar-refractivity contribution in [1.29, 1.82) is 0 Å². The van der Waals surface area contributed by atoms with Crippen LogP contribution >= 0.6 is 11.6 Å². The van der Waals surface area contributed by atoms with Crippen LogP contribution in [0.1, 0.15) is 40.7 Å². The first-order chi connectivity index (χ1) is 13.6. The van der Waals surface area contributed by atoms with Crippen molar-refractivity contribution in [2.24, 2.45) is 0 Å². The number of esters is 1. The van der Waals surface area contributed by atoms with Crippen LogP contribution in [0.25, 0.3) is 11.3 Å². The number of anilines is 1. The van der Waals surface area contributed by atoms with Crippen LogP contribution in [0.4, 0.5) is 5.69 Å². The SMILES string of the molecule is CCCCOC(=O)c1ccccc1NC(=O)c1ccc(-c2ccccc2Cl)o1. The van der Waals surface area contributed by atoms with Gasteiger partial charge in [0.25, 0.3) is 5.91 Å². The molecule has 3 aromatic rings. The van der Waals surface area contributed by atoms with Gasteiger partial charge >= 0.3 is 5.97 Å². The highest BCUT2D eigenvalue weighted by Crippen LogP contribution is 2.29. The maximum atomic E-state index is 12.6. The zero-order valence-corrected chi connectivity index (χ0v) is 16.2. The Hall–Kier alpha value is -3.05. The van der Waals surface area contributed by atoms with Gasteiger partial charge in [0.05, 0.1) is 22.9 Å². The molecule has 0 aliphatic rings. The molecular weight excluding hydrogens is 378 g/mol. The summed E-state index contributed by atoms with van der Waals surface area (Å²) >= 11 is 6.17. The van der Waals surface area contributed by atoms with Crippen molar-refractivity contribution in [2.45, 2.75) is 19.8 Å². The number of benzene rings is 2. The van der Waals surface area contributed by atoms with Crippen LogP contribution in [0.2, 0.25) is 5.02 Å². The number of nitrogens with one attached hydrogen (secondary N) is 1. The maximum absolute atomic E-state index is 12.6. The minimum atomic E-state index is -0.472. The number of carbonyl (C=O) groups is 2. The number of amides is 1. The summed E-state index contributed by atoms with van der Waals surface area (Å²) in [5.74, 6) is -0.334. The van der Waals surface area contributed by atoms with Gasteiger partial charge in [-0.1, -0.05) is 49.2 Å². The van der Waals surface area contributed by atoms with Crippen LogP contribution in [0, 0.1) is 0 Å². The second kappa shape index (κ2) is 9.24. The molecule has 1 N–H and O–H groups in total. The summed E-state index contributed by atoms with van der Waals surface area (Å²) in [5.41, 5.74) is 1.36. The topological polar surface area (TPSA) is 68.5 Å². The van der Waals surface area contributed by atoms with Gasteiger partial charge in [-0.2, -0.15) is 0 Å². The van der Waals surface area contributed by atoms with E-state index >= 15 is 0 Å². The fraction of sp³-hybridized carbons (Fsp3) is 0.182. The lowest BCUT2D eigenvalue weighted by Crippen LogP contribution is -2.15. The Kier molecular flexibility index (Phi) is 6.50. The van der Waals surface area contributed by atoms with E-state index in [0.29, 0.717) is 34.2 Å². The Morgan fingerprint density at radius 1 is 1.04 bits per heavy atom. The molecule has 1 amide bonds. The fourth-order valence-corrected chi connectivity index (χ4v) is 2.84. The third-order valence-corrected chi connectivity index (χ3v) is 4.42. The summed E-state index contributed by atoms with van der Waals surface area (Å²) in [6.07, 6.45) is 1.72. The zero-order valence-electron chi connectivity index (χ0n) is 15.4. The highest BCUT2D eigenvalue weighted by Gasteiger charge is 2.18. The average Bonchev–Trinajstić information content (AvgIpc) is 3.19. The van der Waals surface area contributed by atoms with Crippen molar-refractivity contribution >= 4 is 29.2 Å². The first-order valence-corrected chi connectivity index (χ1v) is 9.40. The van der Waals surface area contributed by atoms with E-state index in [1.54, 1.807) is 42.5 Å². The Morgan fingerprint density at radius 2 is 1.79 bits per heavy atom.